The zero-order valence-corrected chi connectivity index (χ0v) is 10.7. The van der Waals surface area contributed by atoms with Crippen molar-refractivity contribution in [3.8, 4) is 0 Å². The van der Waals surface area contributed by atoms with Crippen molar-refractivity contribution in [2.45, 2.75) is 18.9 Å². The Labute approximate surface area is 106 Å². The van der Waals surface area contributed by atoms with Crippen LogP contribution in [0.25, 0.3) is 0 Å². The summed E-state index contributed by atoms with van der Waals surface area (Å²) in [4.78, 5) is 13.5. The highest BCUT2D eigenvalue weighted by Gasteiger charge is 2.33. The van der Waals surface area contributed by atoms with Crippen LogP contribution in [0.4, 0.5) is 10.1 Å². The molecule has 5 heteroatoms. The number of hydrogen-bond donors (Lipinski definition) is 2. The topological polar surface area (TPSA) is 58.4 Å². The summed E-state index contributed by atoms with van der Waals surface area (Å²) in [6.07, 6.45) is 0.869. The van der Waals surface area contributed by atoms with Crippen molar-refractivity contribution in [2.24, 2.45) is 5.73 Å². The minimum Gasteiger partial charge on any atom is -0.369 e. The number of rotatable bonds is 4. The van der Waals surface area contributed by atoms with E-state index in [1.165, 1.54) is 12.1 Å². The van der Waals surface area contributed by atoms with Crippen molar-refractivity contribution >= 4 is 11.6 Å². The van der Waals surface area contributed by atoms with Gasteiger partial charge in [-0.15, -0.1) is 0 Å². The van der Waals surface area contributed by atoms with E-state index in [2.05, 4.69) is 5.32 Å². The van der Waals surface area contributed by atoms with Crippen LogP contribution in [0.15, 0.2) is 18.2 Å². The fraction of sp³-hybridized carbons (Fsp3) is 0.462. The number of likely N-dealkylation sites (N-methyl/N-ethyl adjacent to an activating group) is 1. The minimum atomic E-state index is -0.812. The van der Waals surface area contributed by atoms with Crippen LogP contribution < -0.4 is 16.0 Å². The highest BCUT2D eigenvalue weighted by atomic mass is 19.1. The van der Waals surface area contributed by atoms with Gasteiger partial charge in [-0.25, -0.2) is 4.39 Å². The van der Waals surface area contributed by atoms with Gasteiger partial charge in [0, 0.05) is 18.8 Å². The van der Waals surface area contributed by atoms with Crippen LogP contribution in [0.1, 0.15) is 12.5 Å². The number of hydrogen-bond acceptors (Lipinski definition) is 3. The maximum absolute atomic E-state index is 13.3. The lowest BCUT2D eigenvalue weighted by Crippen LogP contribution is -2.58. The Morgan fingerprint density at radius 3 is 2.94 bits per heavy atom. The number of fused-ring (bicyclic) bond motifs is 1. The fourth-order valence-electron chi connectivity index (χ4n) is 2.24. The highest BCUT2D eigenvalue weighted by molar-refractivity contribution is 5.85. The van der Waals surface area contributed by atoms with Gasteiger partial charge in [-0.2, -0.15) is 0 Å². The Balaban J connectivity index is 2.24. The van der Waals surface area contributed by atoms with Crippen molar-refractivity contribution in [1.29, 1.82) is 0 Å². The Morgan fingerprint density at radius 2 is 2.33 bits per heavy atom. The third-order valence-electron chi connectivity index (χ3n) is 3.64. The number of primary amides is 1. The molecule has 1 aliphatic heterocycles. The lowest BCUT2D eigenvalue weighted by molar-refractivity contribution is -0.123. The van der Waals surface area contributed by atoms with Crippen LogP contribution in [0, 0.1) is 5.82 Å². The van der Waals surface area contributed by atoms with Gasteiger partial charge in [0.25, 0.3) is 0 Å². The van der Waals surface area contributed by atoms with E-state index in [-0.39, 0.29) is 5.82 Å². The molecular formula is C13H18FN3O. The normalized spacial score (nSPS) is 17.4. The van der Waals surface area contributed by atoms with Gasteiger partial charge in [0.05, 0.1) is 0 Å². The highest BCUT2D eigenvalue weighted by Crippen LogP contribution is 2.29. The maximum Gasteiger partial charge on any atom is 0.239 e. The number of benzene rings is 1. The lowest BCUT2D eigenvalue weighted by atomic mass is 10.0. The van der Waals surface area contributed by atoms with Crippen LogP contribution in [-0.4, -0.2) is 31.6 Å². The molecule has 1 unspecified atom stereocenters. The quantitative estimate of drug-likeness (QED) is 0.826. The number of nitrogens with two attached hydrogens (primary N) is 1. The first-order valence-corrected chi connectivity index (χ1v) is 5.98. The molecule has 98 valence electrons. The first-order valence-electron chi connectivity index (χ1n) is 5.98. The minimum absolute atomic E-state index is 0.258. The average Bonchev–Trinajstić information content (AvgIpc) is 2.71. The number of carbonyl (C=O) groups is 1. The monoisotopic (exact) mass is 251 g/mol. The number of amides is 1. The smallest absolute Gasteiger partial charge is 0.239 e. The Morgan fingerprint density at radius 1 is 1.61 bits per heavy atom. The third kappa shape index (κ3) is 2.18. The number of nitrogens with one attached hydrogen (secondary N) is 1. The summed E-state index contributed by atoms with van der Waals surface area (Å²) in [7, 11) is 1.70. The van der Waals surface area contributed by atoms with Crippen molar-refractivity contribution in [1.82, 2.24) is 5.32 Å². The maximum atomic E-state index is 13.3. The van der Waals surface area contributed by atoms with Crippen molar-refractivity contribution in [2.75, 3.05) is 25.0 Å². The third-order valence-corrected chi connectivity index (χ3v) is 3.64. The molecule has 0 saturated carbocycles. The average molecular weight is 251 g/mol. The molecule has 1 heterocycles. The molecule has 2 rings (SSSR count). The second-order valence-corrected chi connectivity index (χ2v) is 4.89. The molecule has 1 atom stereocenters. The first-order chi connectivity index (χ1) is 8.46. The molecule has 1 aromatic rings. The molecular weight excluding hydrogens is 233 g/mol. The predicted octanol–water partition coefficient (Wildman–Crippen LogP) is 0.652. The van der Waals surface area contributed by atoms with Crippen LogP contribution >= 0.6 is 0 Å². The molecule has 0 aromatic heterocycles. The van der Waals surface area contributed by atoms with Crippen molar-refractivity contribution < 1.29 is 9.18 Å². The number of anilines is 1. The van der Waals surface area contributed by atoms with Gasteiger partial charge in [-0.1, -0.05) is 6.07 Å². The summed E-state index contributed by atoms with van der Waals surface area (Å²) in [6, 6.07) is 4.78. The van der Waals surface area contributed by atoms with E-state index in [9.17, 15) is 9.18 Å². The summed E-state index contributed by atoms with van der Waals surface area (Å²) in [5, 5.41) is 2.94. The second kappa shape index (κ2) is 4.57. The molecule has 0 fully saturated rings. The largest absolute Gasteiger partial charge is 0.369 e. The van der Waals surface area contributed by atoms with Gasteiger partial charge in [-0.3, -0.25) is 4.79 Å². The molecule has 0 bridgehead atoms. The van der Waals surface area contributed by atoms with E-state index in [1.54, 1.807) is 20.0 Å². The number of halogens is 1. The van der Waals surface area contributed by atoms with Gasteiger partial charge >= 0.3 is 0 Å². The summed E-state index contributed by atoms with van der Waals surface area (Å²) in [5.41, 5.74) is 6.57. The molecule has 1 aromatic carbocycles. The summed E-state index contributed by atoms with van der Waals surface area (Å²) >= 11 is 0. The van der Waals surface area contributed by atoms with Gasteiger partial charge in [-0.05, 0) is 38.1 Å². The van der Waals surface area contributed by atoms with Gasteiger partial charge in [0.1, 0.15) is 11.4 Å². The molecule has 1 amide bonds. The van der Waals surface area contributed by atoms with Gasteiger partial charge in [0.15, 0.2) is 0 Å². The van der Waals surface area contributed by atoms with Crippen LogP contribution in [0.5, 0.6) is 0 Å². The summed E-state index contributed by atoms with van der Waals surface area (Å²) in [5.74, 6) is -0.666. The molecule has 1 aliphatic rings. The molecule has 18 heavy (non-hydrogen) atoms. The van der Waals surface area contributed by atoms with Crippen molar-refractivity contribution in [3.05, 3.63) is 29.6 Å². The van der Waals surface area contributed by atoms with E-state index in [4.69, 9.17) is 5.73 Å². The van der Waals surface area contributed by atoms with Crippen molar-refractivity contribution in [3.63, 3.8) is 0 Å². The Kier molecular flexibility index (Phi) is 3.26. The standard InChI is InChI=1S/C13H18FN3O/c1-13(16-2,12(15)18)8-17-6-5-9-3-4-10(14)7-11(9)17/h3-4,7,16H,5-6,8H2,1-2H3,(H2,15,18). The van der Waals surface area contributed by atoms with Gasteiger partial charge in [0.2, 0.25) is 5.91 Å². The van der Waals surface area contributed by atoms with E-state index in [0.717, 1.165) is 24.2 Å². The molecule has 0 aliphatic carbocycles. The number of nitrogens with zero attached hydrogens (tertiary/aromatic N) is 1. The summed E-state index contributed by atoms with van der Waals surface area (Å²) in [6.45, 7) is 2.98. The Bertz CT molecular complexity index is 477. The predicted molar refractivity (Wildman–Crippen MR) is 69.0 cm³/mol. The SMILES string of the molecule is CNC(C)(CN1CCc2ccc(F)cc21)C(N)=O. The van der Waals surface area contributed by atoms with Gasteiger partial charge < -0.3 is 16.0 Å². The lowest BCUT2D eigenvalue weighted by Gasteiger charge is -2.32. The molecule has 0 radical (unpaired) electrons. The zero-order chi connectivity index (χ0) is 13.3. The van der Waals surface area contributed by atoms with E-state index < -0.39 is 11.4 Å². The van der Waals surface area contributed by atoms with Crippen LogP contribution in [-0.2, 0) is 11.2 Å². The molecule has 0 spiro atoms. The molecule has 3 N–H and O–H groups in total. The van der Waals surface area contributed by atoms with E-state index in [0.29, 0.717) is 6.54 Å². The zero-order valence-electron chi connectivity index (χ0n) is 10.7. The first kappa shape index (κ1) is 12.8. The Hall–Kier alpha value is -1.62. The summed E-state index contributed by atoms with van der Waals surface area (Å²) < 4.78 is 13.3. The number of carbonyl (C=O) groups excluding carboxylic acids is 1. The molecule has 0 saturated heterocycles. The fourth-order valence-corrected chi connectivity index (χ4v) is 2.24. The second-order valence-electron chi connectivity index (χ2n) is 4.89. The van der Waals surface area contributed by atoms with Crippen LogP contribution in [0.2, 0.25) is 0 Å². The van der Waals surface area contributed by atoms with Crippen LogP contribution in [0.3, 0.4) is 0 Å². The van der Waals surface area contributed by atoms with E-state index >= 15 is 0 Å². The molecule has 4 nitrogen and oxygen atoms in total. The van der Waals surface area contributed by atoms with E-state index in [1.807, 2.05) is 4.90 Å².